The average Bonchev–Trinajstić information content (AvgIpc) is 2.28. The molecular formula is C11H20N2S2. The van der Waals surface area contributed by atoms with E-state index in [1.165, 1.54) is 6.42 Å². The lowest BCUT2D eigenvalue weighted by atomic mass is 10.2. The molecule has 2 nitrogen and oxygen atoms in total. The predicted molar refractivity (Wildman–Crippen MR) is 74.4 cm³/mol. The molecular weight excluding hydrogens is 224 g/mol. The molecule has 0 aliphatic heterocycles. The molecule has 1 rings (SSSR count). The number of nitrogens with two attached hydrogens (primary N) is 1. The van der Waals surface area contributed by atoms with Gasteiger partial charge in [0.2, 0.25) is 0 Å². The predicted octanol–water partition coefficient (Wildman–Crippen LogP) is 3.87. The summed E-state index contributed by atoms with van der Waals surface area (Å²) in [4.78, 5) is 2.09. The fourth-order valence-electron chi connectivity index (χ4n) is 1.28. The number of hydrogen-bond acceptors (Lipinski definition) is 4. The van der Waals surface area contributed by atoms with Crippen LogP contribution in [0.25, 0.3) is 0 Å². The zero-order valence-electron chi connectivity index (χ0n) is 9.96. The molecule has 0 spiro atoms. The van der Waals surface area contributed by atoms with Crippen molar-refractivity contribution in [1.29, 1.82) is 0 Å². The van der Waals surface area contributed by atoms with Gasteiger partial charge in [-0.25, -0.2) is 0 Å². The van der Waals surface area contributed by atoms with E-state index in [0.717, 1.165) is 23.2 Å². The number of rotatable bonds is 4. The van der Waals surface area contributed by atoms with Gasteiger partial charge in [-0.3, -0.25) is 0 Å². The Hall–Kier alpha value is -0.480. The summed E-state index contributed by atoms with van der Waals surface area (Å²) < 4.78 is 1.42. The largest absolute Gasteiger partial charge is 0.396 e. The Labute approximate surface area is 103 Å². The van der Waals surface area contributed by atoms with E-state index in [0.29, 0.717) is 10.2 Å². The molecule has 86 valence electrons. The molecule has 0 radical (unpaired) electrons. The summed E-state index contributed by atoms with van der Waals surface area (Å²) in [6.07, 6.45) is 2.33. The third-order valence-electron chi connectivity index (χ3n) is 2.15. The minimum Gasteiger partial charge on any atom is -0.396 e. The monoisotopic (exact) mass is 244 g/mol. The van der Waals surface area contributed by atoms with Gasteiger partial charge in [0.15, 0.2) is 0 Å². The Morgan fingerprint density at radius 3 is 2.13 bits per heavy atom. The molecule has 0 aliphatic rings. The molecule has 15 heavy (non-hydrogen) atoms. The Kier molecular flexibility index (Phi) is 6.68. The molecule has 0 saturated carbocycles. The molecule has 0 fully saturated rings. The van der Waals surface area contributed by atoms with E-state index in [9.17, 15) is 0 Å². The molecule has 1 aromatic rings. The molecule has 1 aromatic carbocycles. The van der Waals surface area contributed by atoms with Gasteiger partial charge in [-0.1, -0.05) is 51.6 Å². The highest BCUT2D eigenvalue weighted by atomic mass is 32.1. The second-order valence-corrected chi connectivity index (χ2v) is 4.01. The zero-order chi connectivity index (χ0) is 12.0. The van der Waals surface area contributed by atoms with Crippen LogP contribution in [0, 0.1) is 9.02 Å². The Morgan fingerprint density at radius 2 is 1.73 bits per heavy atom. The van der Waals surface area contributed by atoms with E-state index in [-0.39, 0.29) is 0 Å². The zero-order valence-corrected chi connectivity index (χ0v) is 11.6. The summed E-state index contributed by atoms with van der Waals surface area (Å²) in [5.41, 5.74) is 7.40. The molecule has 0 atom stereocenters. The Morgan fingerprint density at radius 1 is 1.20 bits per heavy atom. The van der Waals surface area contributed by atoms with Crippen LogP contribution in [0.15, 0.2) is 0 Å². The number of hydrogen-bond donors (Lipinski definition) is 1. The van der Waals surface area contributed by atoms with Crippen LogP contribution < -0.4 is 10.6 Å². The van der Waals surface area contributed by atoms with Crippen molar-refractivity contribution in [1.82, 2.24) is 0 Å². The molecule has 0 amide bonds. The lowest BCUT2D eigenvalue weighted by Crippen LogP contribution is -2.22. The minimum atomic E-state index is 0.661. The van der Waals surface area contributed by atoms with Crippen molar-refractivity contribution in [2.45, 2.75) is 33.6 Å². The third-order valence-corrected chi connectivity index (χ3v) is 3.10. The standard InChI is InChI=1S/C9H14N2S2.C2H6/c1-3-4-5-11(2)7-6(10)8(12)9(7)13;1-2/h3-5,10H2,1-2H3;1-2H3. The molecule has 0 aromatic heterocycles. The van der Waals surface area contributed by atoms with Crippen LogP contribution in [-0.4, -0.2) is 13.6 Å². The summed E-state index contributed by atoms with van der Waals surface area (Å²) in [6.45, 7) is 7.16. The normalized spacial score (nSPS) is 9.60. The van der Waals surface area contributed by atoms with E-state index in [4.69, 9.17) is 30.2 Å². The van der Waals surface area contributed by atoms with Crippen molar-refractivity contribution >= 4 is 35.8 Å². The van der Waals surface area contributed by atoms with Gasteiger partial charge in [-0.2, -0.15) is 0 Å². The van der Waals surface area contributed by atoms with Crippen molar-refractivity contribution in [3.8, 4) is 0 Å². The molecule has 0 unspecified atom stereocenters. The van der Waals surface area contributed by atoms with Crippen molar-refractivity contribution in [2.24, 2.45) is 0 Å². The first kappa shape index (κ1) is 14.5. The van der Waals surface area contributed by atoms with Crippen molar-refractivity contribution in [3.05, 3.63) is 9.02 Å². The highest BCUT2D eigenvalue weighted by molar-refractivity contribution is 7.74. The first-order valence-electron chi connectivity index (χ1n) is 5.39. The molecule has 0 aliphatic carbocycles. The maximum absolute atomic E-state index is 5.74. The maximum Gasteiger partial charge on any atom is 0.0834 e. The van der Waals surface area contributed by atoms with Gasteiger partial charge in [0.25, 0.3) is 0 Å². The summed E-state index contributed by atoms with van der Waals surface area (Å²) in [7, 11) is 2.01. The summed E-state index contributed by atoms with van der Waals surface area (Å²) in [5.74, 6) is 0. The molecule has 0 heterocycles. The number of unbranched alkanes of at least 4 members (excludes halogenated alkanes) is 1. The van der Waals surface area contributed by atoms with Crippen LogP contribution in [0.2, 0.25) is 0 Å². The molecule has 0 saturated heterocycles. The smallest absolute Gasteiger partial charge is 0.0834 e. The van der Waals surface area contributed by atoms with Crippen LogP contribution in [0.1, 0.15) is 33.6 Å². The highest BCUT2D eigenvalue weighted by Gasteiger charge is 2.14. The SMILES string of the molecule is CC.CCCCN(C)c1c(N)c(=S)c1=S. The van der Waals surface area contributed by atoms with Gasteiger partial charge in [0.05, 0.1) is 20.4 Å². The number of nitrogen functional groups attached to an aromatic ring is 1. The van der Waals surface area contributed by atoms with Crippen LogP contribution in [-0.2, 0) is 0 Å². The van der Waals surface area contributed by atoms with Crippen LogP contribution in [0.5, 0.6) is 0 Å². The van der Waals surface area contributed by atoms with Gasteiger partial charge in [-0.15, -0.1) is 0 Å². The van der Waals surface area contributed by atoms with Gasteiger partial charge in [-0.05, 0) is 6.42 Å². The van der Waals surface area contributed by atoms with Crippen molar-refractivity contribution in [3.63, 3.8) is 0 Å². The van der Waals surface area contributed by atoms with Crippen molar-refractivity contribution < 1.29 is 0 Å². The van der Waals surface area contributed by atoms with E-state index >= 15 is 0 Å². The lowest BCUT2D eigenvalue weighted by Gasteiger charge is -2.23. The molecule has 2 N–H and O–H groups in total. The Balaban J connectivity index is 0.000000921. The number of nitrogens with zero attached hydrogens (tertiary/aromatic N) is 1. The first-order chi connectivity index (χ1) is 7.09. The highest BCUT2D eigenvalue weighted by Crippen LogP contribution is 2.32. The van der Waals surface area contributed by atoms with E-state index < -0.39 is 0 Å². The summed E-state index contributed by atoms with van der Waals surface area (Å²) >= 11 is 10.1. The minimum absolute atomic E-state index is 0.661. The second-order valence-electron chi connectivity index (χ2n) is 3.20. The maximum atomic E-state index is 5.74. The van der Waals surface area contributed by atoms with Gasteiger partial charge in [0, 0.05) is 13.6 Å². The van der Waals surface area contributed by atoms with E-state index in [1.807, 2.05) is 20.9 Å². The topological polar surface area (TPSA) is 29.3 Å². The third kappa shape index (κ3) is 3.24. The lowest BCUT2D eigenvalue weighted by molar-refractivity contribution is 0.765. The first-order valence-corrected chi connectivity index (χ1v) is 6.21. The van der Waals surface area contributed by atoms with E-state index in [1.54, 1.807) is 0 Å². The second kappa shape index (κ2) is 6.90. The fraction of sp³-hybridized carbons (Fsp3) is 0.636. The van der Waals surface area contributed by atoms with Crippen LogP contribution >= 0.6 is 24.4 Å². The molecule has 4 heteroatoms. The summed E-state index contributed by atoms with van der Waals surface area (Å²) in [5, 5.41) is 0. The fourth-order valence-corrected chi connectivity index (χ4v) is 1.85. The average molecular weight is 244 g/mol. The van der Waals surface area contributed by atoms with Crippen LogP contribution in [0.4, 0.5) is 11.4 Å². The van der Waals surface area contributed by atoms with Gasteiger partial charge in [0.1, 0.15) is 0 Å². The summed E-state index contributed by atoms with van der Waals surface area (Å²) in [6, 6.07) is 0. The van der Waals surface area contributed by atoms with Gasteiger partial charge < -0.3 is 10.6 Å². The number of anilines is 2. The molecule has 0 bridgehead atoms. The van der Waals surface area contributed by atoms with Gasteiger partial charge >= 0.3 is 0 Å². The van der Waals surface area contributed by atoms with Crippen molar-refractivity contribution in [2.75, 3.05) is 24.2 Å². The van der Waals surface area contributed by atoms with E-state index in [2.05, 4.69) is 11.8 Å². The Bertz CT molecular complexity index is 364. The quantitative estimate of drug-likeness (QED) is 0.814. The van der Waals surface area contributed by atoms with Crippen LogP contribution in [0.3, 0.4) is 0 Å².